The molecule has 0 bridgehead atoms. The van der Waals surface area contributed by atoms with Crippen LogP contribution in [0.4, 0.5) is 0 Å². The Morgan fingerprint density at radius 2 is 0.815 bits per heavy atom. The van der Waals surface area contributed by atoms with Crippen LogP contribution >= 0.6 is 0 Å². The van der Waals surface area contributed by atoms with E-state index in [-0.39, 0.29) is 0 Å². The van der Waals surface area contributed by atoms with Gasteiger partial charge in [-0.1, -0.05) is 0 Å². The summed E-state index contributed by atoms with van der Waals surface area (Å²) >= 11 is 0. The van der Waals surface area contributed by atoms with Crippen molar-refractivity contribution in [1.82, 2.24) is 0 Å². The maximum atomic E-state index is 12.0. The molecule has 0 saturated carbocycles. The van der Waals surface area contributed by atoms with Gasteiger partial charge in [0.15, 0.2) is 17.1 Å². The fraction of sp³-hybridized carbons (Fsp3) is 0.364. The van der Waals surface area contributed by atoms with Gasteiger partial charge in [-0.15, -0.1) is 0 Å². The molecule has 0 heterocycles. The van der Waals surface area contributed by atoms with Crippen LogP contribution in [0.25, 0.3) is 0 Å². The third-order valence-corrected chi connectivity index (χ3v) is 3.24. The molecule has 0 aliphatic rings. The van der Waals surface area contributed by atoms with Crippen molar-refractivity contribution >= 4 is 5.97 Å². The number of hydrogen-bond acceptors (Lipinski definition) is 16. The fourth-order valence-corrected chi connectivity index (χ4v) is 1.95. The molecule has 16 nitrogen and oxygen atoms in total. The first-order valence-electron chi connectivity index (χ1n) is 6.24. The van der Waals surface area contributed by atoms with E-state index in [0.717, 1.165) is 0 Å². The smallest absolute Gasteiger partial charge is 0.352 e. The van der Waals surface area contributed by atoms with Crippen LogP contribution < -0.4 is 0 Å². The molecule has 0 spiro atoms. The molecule has 0 unspecified atom stereocenters. The lowest BCUT2D eigenvalue weighted by atomic mass is 9.93. The van der Waals surface area contributed by atoms with E-state index < -0.39 is 63.8 Å². The van der Waals surface area contributed by atoms with Crippen LogP contribution in [0, 0.1) is 0 Å². The summed E-state index contributed by atoms with van der Waals surface area (Å²) in [7, 11) is 0. The van der Waals surface area contributed by atoms with Crippen LogP contribution in [-0.2, 0) is 4.74 Å². The summed E-state index contributed by atoms with van der Waals surface area (Å²) in [6.07, 6.45) is 0. The number of ether oxygens (including phenoxy) is 1. The lowest BCUT2D eigenvalue weighted by Gasteiger charge is -2.46. The molecule has 1 aromatic carbocycles. The van der Waals surface area contributed by atoms with Crippen LogP contribution in [-0.4, -0.2) is 101 Å². The highest BCUT2D eigenvalue weighted by Gasteiger charge is 2.78. The number of carbonyl (C=O) groups is 1. The van der Waals surface area contributed by atoms with Crippen molar-refractivity contribution < 1.29 is 81.0 Å². The summed E-state index contributed by atoms with van der Waals surface area (Å²) in [5.74, 6) is -26.3. The van der Waals surface area contributed by atoms with E-state index >= 15 is 0 Å². The van der Waals surface area contributed by atoms with Crippen LogP contribution in [0.1, 0.15) is 10.4 Å². The minimum atomic E-state index is -5.09. The first-order chi connectivity index (χ1) is 11.8. The molecule has 1 rings (SSSR count). The predicted octanol–water partition coefficient (Wildman–Crippen LogP) is -6.00. The highest BCUT2D eigenvalue weighted by atomic mass is 16.8. The Balaban J connectivity index is 3.75. The second kappa shape index (κ2) is 6.20. The van der Waals surface area contributed by atoms with Gasteiger partial charge in [0.1, 0.15) is 0 Å². The molecule has 0 atom stereocenters. The molecule has 0 aromatic heterocycles. The van der Waals surface area contributed by atoms with E-state index in [1.165, 1.54) is 0 Å². The van der Waals surface area contributed by atoms with Crippen molar-refractivity contribution in [2.75, 3.05) is 0 Å². The monoisotopic (exact) mass is 402 g/mol. The number of benzene rings is 1. The van der Waals surface area contributed by atoms with Gasteiger partial charge < -0.3 is 76.2 Å². The van der Waals surface area contributed by atoms with Gasteiger partial charge in [-0.25, -0.2) is 4.79 Å². The molecular weight excluding hydrogens is 388 g/mol. The van der Waals surface area contributed by atoms with Gasteiger partial charge in [-0.2, -0.15) is 0 Å². The Hall–Kier alpha value is -2.67. The fourth-order valence-electron chi connectivity index (χ4n) is 1.95. The van der Waals surface area contributed by atoms with E-state index in [1.54, 1.807) is 0 Å². The molecule has 0 fully saturated rings. The number of phenolic OH excluding ortho intramolecular Hbond substituents is 5. The Kier molecular flexibility index (Phi) is 5.13. The zero-order valence-electron chi connectivity index (χ0n) is 12.6. The van der Waals surface area contributed by atoms with Gasteiger partial charge in [0.25, 0.3) is 0 Å². The zero-order valence-corrected chi connectivity index (χ0v) is 12.6. The van der Waals surface area contributed by atoms with Crippen molar-refractivity contribution in [1.29, 1.82) is 0 Å². The van der Waals surface area contributed by atoms with Crippen molar-refractivity contribution in [3.8, 4) is 28.7 Å². The molecule has 14 N–H and O–H groups in total. The van der Waals surface area contributed by atoms with Crippen LogP contribution in [0.5, 0.6) is 28.7 Å². The Morgan fingerprint density at radius 1 is 0.556 bits per heavy atom. The maximum absolute atomic E-state index is 12.0. The number of rotatable bonds is 5. The Morgan fingerprint density at radius 3 is 1.07 bits per heavy atom. The van der Waals surface area contributed by atoms with Crippen LogP contribution in [0.2, 0.25) is 0 Å². The first-order valence-corrected chi connectivity index (χ1v) is 6.24. The number of phenols is 5. The molecular formula is C11H14O16. The molecule has 27 heavy (non-hydrogen) atoms. The lowest BCUT2D eigenvalue weighted by molar-refractivity contribution is -0.568. The molecule has 0 aliphatic carbocycles. The number of aliphatic hydroxyl groups is 9. The SMILES string of the molecule is O=C(OC(C(O)(O)O)(C(O)(O)O)C(O)(O)O)c1c(O)c(O)c(O)c(O)c1O. The van der Waals surface area contributed by atoms with Crippen LogP contribution in [0.15, 0.2) is 0 Å². The van der Waals surface area contributed by atoms with E-state index in [4.69, 9.17) is 51.1 Å². The maximum Gasteiger partial charge on any atom is 0.352 e. The van der Waals surface area contributed by atoms with Crippen LogP contribution in [0.3, 0.4) is 0 Å². The largest absolute Gasteiger partial charge is 0.503 e. The highest BCUT2D eigenvalue weighted by Crippen LogP contribution is 2.51. The third kappa shape index (κ3) is 3.23. The van der Waals surface area contributed by atoms with E-state index in [9.17, 15) is 25.2 Å². The molecule has 1 aromatic rings. The van der Waals surface area contributed by atoms with Crippen molar-refractivity contribution in [2.24, 2.45) is 0 Å². The summed E-state index contributed by atoms with van der Waals surface area (Å²) in [6, 6.07) is 0. The standard InChI is InChI=1S/C11H14O16/c12-2-1(3(13)5(15)6(16)4(2)14)7(17)27-8(9(18,19)20,10(21,22)23)11(24,25)26/h12-16,18-26H. The molecule has 16 heteroatoms. The summed E-state index contributed by atoms with van der Waals surface area (Å²) in [5.41, 5.74) is -6.91. The Bertz CT molecular complexity index is 683. The number of esters is 1. The van der Waals surface area contributed by atoms with Crippen molar-refractivity contribution in [3.05, 3.63) is 5.56 Å². The predicted molar refractivity (Wildman–Crippen MR) is 71.1 cm³/mol. The molecule has 0 amide bonds. The first kappa shape index (κ1) is 22.4. The lowest BCUT2D eigenvalue weighted by Crippen LogP contribution is -2.80. The third-order valence-electron chi connectivity index (χ3n) is 3.24. The van der Waals surface area contributed by atoms with E-state index in [2.05, 4.69) is 4.74 Å². The average Bonchev–Trinajstić information content (AvgIpc) is 2.45. The quantitative estimate of drug-likeness (QED) is 0.0942. The summed E-state index contributed by atoms with van der Waals surface area (Å²) in [6.45, 7) is 0. The highest BCUT2D eigenvalue weighted by molar-refractivity contribution is 5.99. The van der Waals surface area contributed by atoms with Gasteiger partial charge in [0.05, 0.1) is 0 Å². The van der Waals surface area contributed by atoms with Gasteiger partial charge in [0, 0.05) is 0 Å². The van der Waals surface area contributed by atoms with Gasteiger partial charge in [-0.3, -0.25) is 0 Å². The number of carbonyl (C=O) groups excluding carboxylic acids is 1. The Labute approximate surface area is 146 Å². The molecule has 0 aliphatic heterocycles. The summed E-state index contributed by atoms with van der Waals surface area (Å²) in [4.78, 5) is 12.0. The topological polar surface area (TPSA) is 310 Å². The summed E-state index contributed by atoms with van der Waals surface area (Å²) in [5, 5.41) is 129. The van der Waals surface area contributed by atoms with Gasteiger partial charge in [0.2, 0.25) is 17.2 Å². The minimum absolute atomic E-state index is 1.57. The number of aromatic hydroxyl groups is 5. The van der Waals surface area contributed by atoms with E-state index in [0.29, 0.717) is 0 Å². The minimum Gasteiger partial charge on any atom is -0.503 e. The number of hydrogen-bond donors (Lipinski definition) is 14. The van der Waals surface area contributed by atoms with Gasteiger partial charge >= 0.3 is 29.5 Å². The molecule has 0 radical (unpaired) electrons. The van der Waals surface area contributed by atoms with Crippen molar-refractivity contribution in [3.63, 3.8) is 0 Å². The van der Waals surface area contributed by atoms with E-state index in [1.807, 2.05) is 0 Å². The summed E-state index contributed by atoms with van der Waals surface area (Å²) < 4.78 is 3.72. The second-order valence-electron chi connectivity index (χ2n) is 5.09. The zero-order chi connectivity index (χ0) is 21.7. The van der Waals surface area contributed by atoms with Gasteiger partial charge in [-0.05, 0) is 0 Å². The molecule has 0 saturated heterocycles. The van der Waals surface area contributed by atoms with Crippen molar-refractivity contribution in [2.45, 2.75) is 23.5 Å². The normalized spacial score (nSPS) is 13.5. The molecule has 154 valence electrons. The second-order valence-corrected chi connectivity index (χ2v) is 5.09. The average molecular weight is 402 g/mol.